The van der Waals surface area contributed by atoms with Crippen LogP contribution in [0.15, 0.2) is 42.5 Å². The molecular formula is C25H33F2N3O5S. The molecule has 0 saturated heterocycles. The summed E-state index contributed by atoms with van der Waals surface area (Å²) in [6.07, 6.45) is 0.984. The lowest BCUT2D eigenvalue weighted by atomic mass is 10.1. The van der Waals surface area contributed by atoms with Crippen LogP contribution in [0.4, 0.5) is 14.5 Å². The molecule has 36 heavy (non-hydrogen) atoms. The summed E-state index contributed by atoms with van der Waals surface area (Å²) < 4.78 is 57.7. The molecule has 0 radical (unpaired) electrons. The van der Waals surface area contributed by atoms with E-state index in [1.807, 2.05) is 13.8 Å². The number of sulfonamides is 1. The summed E-state index contributed by atoms with van der Waals surface area (Å²) in [5.41, 5.74) is 0.747. The van der Waals surface area contributed by atoms with E-state index in [9.17, 15) is 26.8 Å². The van der Waals surface area contributed by atoms with Gasteiger partial charge >= 0.3 is 0 Å². The average molecular weight is 526 g/mol. The fraction of sp³-hybridized carbons (Fsp3) is 0.440. The van der Waals surface area contributed by atoms with E-state index in [0.29, 0.717) is 5.75 Å². The molecule has 0 aromatic heterocycles. The Morgan fingerprint density at radius 1 is 1.03 bits per heavy atom. The second-order valence-corrected chi connectivity index (χ2v) is 10.7. The third-order valence-corrected chi connectivity index (χ3v) is 6.65. The molecular weight excluding hydrogens is 492 g/mol. The van der Waals surface area contributed by atoms with Crippen molar-refractivity contribution in [2.45, 2.75) is 52.2 Å². The van der Waals surface area contributed by atoms with Crippen molar-refractivity contribution in [3.63, 3.8) is 0 Å². The number of benzene rings is 2. The predicted octanol–water partition coefficient (Wildman–Crippen LogP) is 3.46. The Hall–Kier alpha value is -3.21. The third-order valence-electron chi connectivity index (χ3n) is 5.45. The Labute approximate surface area is 211 Å². The first kappa shape index (κ1) is 29.0. The van der Waals surface area contributed by atoms with E-state index in [4.69, 9.17) is 4.74 Å². The maximum absolute atomic E-state index is 13.7. The lowest BCUT2D eigenvalue weighted by Gasteiger charge is -2.30. The summed E-state index contributed by atoms with van der Waals surface area (Å²) in [4.78, 5) is 27.3. The molecule has 2 rings (SSSR count). The van der Waals surface area contributed by atoms with Crippen molar-refractivity contribution >= 4 is 27.5 Å². The van der Waals surface area contributed by atoms with Gasteiger partial charge in [-0.3, -0.25) is 13.9 Å². The van der Waals surface area contributed by atoms with Gasteiger partial charge in [0.1, 0.15) is 11.8 Å². The Morgan fingerprint density at radius 2 is 1.67 bits per heavy atom. The van der Waals surface area contributed by atoms with Gasteiger partial charge in [-0.25, -0.2) is 17.2 Å². The van der Waals surface area contributed by atoms with Gasteiger partial charge in [-0.2, -0.15) is 0 Å². The molecule has 2 amide bonds. The molecule has 0 saturated carbocycles. The predicted molar refractivity (Wildman–Crippen MR) is 134 cm³/mol. The minimum Gasteiger partial charge on any atom is -0.497 e. The highest BCUT2D eigenvalue weighted by molar-refractivity contribution is 7.92. The number of ether oxygens (including phenoxy) is 1. The average Bonchev–Trinajstić information content (AvgIpc) is 2.80. The molecule has 11 heteroatoms. The minimum absolute atomic E-state index is 0.0383. The summed E-state index contributed by atoms with van der Waals surface area (Å²) in [7, 11) is -2.28. The number of carbonyl (C=O) groups excluding carboxylic acids is 2. The zero-order valence-electron chi connectivity index (χ0n) is 21.1. The first-order valence-corrected chi connectivity index (χ1v) is 13.3. The number of nitrogens with one attached hydrogen (secondary N) is 1. The number of nitrogens with zero attached hydrogens (tertiary/aromatic N) is 2. The van der Waals surface area contributed by atoms with Gasteiger partial charge in [0, 0.05) is 31.6 Å². The summed E-state index contributed by atoms with van der Waals surface area (Å²) in [5.74, 6) is -2.28. The quantitative estimate of drug-likeness (QED) is 0.458. The molecule has 198 valence electrons. The number of hydrogen-bond donors (Lipinski definition) is 1. The molecule has 8 nitrogen and oxygen atoms in total. The topological polar surface area (TPSA) is 96.0 Å². The molecule has 0 aliphatic rings. The first-order valence-electron chi connectivity index (χ1n) is 11.5. The number of anilines is 1. The van der Waals surface area contributed by atoms with Gasteiger partial charge < -0.3 is 15.0 Å². The van der Waals surface area contributed by atoms with Gasteiger partial charge in [-0.05, 0) is 57.0 Å². The van der Waals surface area contributed by atoms with Crippen LogP contribution in [0.2, 0.25) is 0 Å². The Balaban J connectivity index is 2.18. The minimum atomic E-state index is -3.82. The molecule has 0 spiro atoms. The zero-order valence-corrected chi connectivity index (χ0v) is 21.9. The molecule has 1 unspecified atom stereocenters. The van der Waals surface area contributed by atoms with Crippen molar-refractivity contribution in [1.29, 1.82) is 0 Å². The van der Waals surface area contributed by atoms with Gasteiger partial charge in [-0.1, -0.05) is 12.1 Å². The van der Waals surface area contributed by atoms with Gasteiger partial charge in [0.25, 0.3) is 0 Å². The number of carbonyl (C=O) groups is 2. The fourth-order valence-corrected chi connectivity index (χ4v) is 4.52. The molecule has 1 atom stereocenters. The monoisotopic (exact) mass is 525 g/mol. The van der Waals surface area contributed by atoms with Crippen LogP contribution in [0.25, 0.3) is 0 Å². The number of hydrogen-bond acceptors (Lipinski definition) is 5. The van der Waals surface area contributed by atoms with E-state index in [1.165, 1.54) is 4.90 Å². The van der Waals surface area contributed by atoms with E-state index in [1.54, 1.807) is 38.3 Å². The SMILES string of the molecule is COc1ccc(CN(C(=O)CCCN(c2ccc(F)c(F)c2)S(C)(=O)=O)C(C)C(=O)NC(C)C)cc1. The molecule has 2 aromatic carbocycles. The van der Waals surface area contributed by atoms with Crippen LogP contribution in [0.1, 0.15) is 39.2 Å². The van der Waals surface area contributed by atoms with E-state index in [-0.39, 0.29) is 49.5 Å². The summed E-state index contributed by atoms with van der Waals surface area (Å²) in [6, 6.07) is 9.01. The van der Waals surface area contributed by atoms with Crippen molar-refractivity contribution < 1.29 is 31.5 Å². The molecule has 0 aliphatic heterocycles. The standard InChI is InChI=1S/C25H33F2N3O5S/c1-17(2)28-25(32)18(3)29(16-19-8-11-21(35-4)12-9-19)24(31)7-6-14-30(36(5,33)34)20-10-13-22(26)23(27)15-20/h8-13,15,17-18H,6-7,14,16H2,1-5H3,(H,28,32). The number of methoxy groups -OCH3 is 1. The lowest BCUT2D eigenvalue weighted by molar-refractivity contribution is -0.140. The number of amides is 2. The number of halogens is 2. The van der Waals surface area contributed by atoms with E-state index in [0.717, 1.165) is 34.3 Å². The lowest BCUT2D eigenvalue weighted by Crippen LogP contribution is -2.49. The second kappa shape index (κ2) is 12.7. The normalized spacial score (nSPS) is 12.2. The van der Waals surface area contributed by atoms with Crippen molar-refractivity contribution in [2.24, 2.45) is 0 Å². The van der Waals surface area contributed by atoms with Crippen molar-refractivity contribution in [3.8, 4) is 5.75 Å². The first-order chi connectivity index (χ1) is 16.8. The van der Waals surface area contributed by atoms with Crippen molar-refractivity contribution in [1.82, 2.24) is 10.2 Å². The highest BCUT2D eigenvalue weighted by atomic mass is 32.2. The maximum Gasteiger partial charge on any atom is 0.242 e. The van der Waals surface area contributed by atoms with E-state index >= 15 is 0 Å². The fourth-order valence-electron chi connectivity index (χ4n) is 3.56. The zero-order chi connectivity index (χ0) is 27.0. The molecule has 1 N–H and O–H groups in total. The van der Waals surface area contributed by atoms with Crippen molar-refractivity contribution in [3.05, 3.63) is 59.7 Å². The molecule has 2 aromatic rings. The highest BCUT2D eigenvalue weighted by Crippen LogP contribution is 2.22. The van der Waals surface area contributed by atoms with Crippen LogP contribution in [0.5, 0.6) is 5.75 Å². The number of rotatable bonds is 12. The highest BCUT2D eigenvalue weighted by Gasteiger charge is 2.27. The molecule has 0 bridgehead atoms. The van der Waals surface area contributed by atoms with Gasteiger partial charge in [0.15, 0.2) is 11.6 Å². The second-order valence-electron chi connectivity index (χ2n) is 8.75. The molecule has 0 heterocycles. The third kappa shape index (κ3) is 8.18. The Kier molecular flexibility index (Phi) is 10.2. The van der Waals surface area contributed by atoms with Crippen LogP contribution in [-0.4, -0.2) is 57.1 Å². The van der Waals surface area contributed by atoms with E-state index < -0.39 is 27.7 Å². The van der Waals surface area contributed by atoms with Crippen molar-refractivity contribution in [2.75, 3.05) is 24.2 Å². The molecule has 0 fully saturated rings. The van der Waals surface area contributed by atoms with Crippen LogP contribution in [0, 0.1) is 11.6 Å². The van der Waals surface area contributed by atoms with Gasteiger partial charge in [0.05, 0.1) is 19.1 Å². The smallest absolute Gasteiger partial charge is 0.242 e. The maximum atomic E-state index is 13.7. The molecule has 0 aliphatic carbocycles. The van der Waals surface area contributed by atoms with Crippen LogP contribution < -0.4 is 14.4 Å². The van der Waals surface area contributed by atoms with Crippen LogP contribution in [-0.2, 0) is 26.2 Å². The van der Waals surface area contributed by atoms with E-state index in [2.05, 4.69) is 5.32 Å². The van der Waals surface area contributed by atoms with Crippen LogP contribution in [0.3, 0.4) is 0 Å². The van der Waals surface area contributed by atoms with Crippen LogP contribution >= 0.6 is 0 Å². The Morgan fingerprint density at radius 3 is 2.19 bits per heavy atom. The largest absolute Gasteiger partial charge is 0.497 e. The van der Waals surface area contributed by atoms with Gasteiger partial charge in [0.2, 0.25) is 21.8 Å². The summed E-state index contributed by atoms with van der Waals surface area (Å²) in [5, 5.41) is 2.80. The summed E-state index contributed by atoms with van der Waals surface area (Å²) in [6.45, 7) is 5.30. The summed E-state index contributed by atoms with van der Waals surface area (Å²) >= 11 is 0. The van der Waals surface area contributed by atoms with Gasteiger partial charge in [-0.15, -0.1) is 0 Å². The Bertz CT molecular complexity index is 1160.